The number of nitrogens with one attached hydrogen (secondary N) is 1. The second kappa shape index (κ2) is 4.74. The van der Waals surface area contributed by atoms with E-state index >= 15 is 0 Å². The van der Waals surface area contributed by atoms with Crippen molar-refractivity contribution in [3.05, 3.63) is 0 Å². The van der Waals surface area contributed by atoms with Gasteiger partial charge >= 0.3 is 0 Å². The van der Waals surface area contributed by atoms with Crippen LogP contribution in [0.3, 0.4) is 0 Å². The number of nitrogens with zero attached hydrogens (tertiary/aromatic N) is 1. The van der Waals surface area contributed by atoms with Gasteiger partial charge in [-0.2, -0.15) is 0 Å². The fourth-order valence-corrected chi connectivity index (χ4v) is 3.04. The predicted octanol–water partition coefficient (Wildman–Crippen LogP) is 1.78. The zero-order chi connectivity index (χ0) is 11.6. The van der Waals surface area contributed by atoms with Crippen molar-refractivity contribution < 1.29 is 4.79 Å². The maximum atomic E-state index is 12.6. The van der Waals surface area contributed by atoms with Gasteiger partial charge in [-0.05, 0) is 19.8 Å². The summed E-state index contributed by atoms with van der Waals surface area (Å²) >= 11 is 0. The fraction of sp³-hybridized carbons (Fsp3) is 0.923. The molecule has 2 rings (SSSR count). The highest BCUT2D eigenvalue weighted by atomic mass is 16.2. The van der Waals surface area contributed by atoms with Crippen LogP contribution >= 0.6 is 0 Å². The van der Waals surface area contributed by atoms with Crippen molar-refractivity contribution in [1.82, 2.24) is 10.2 Å². The number of carbonyl (C=O) groups is 1. The molecule has 0 bridgehead atoms. The fourth-order valence-electron chi connectivity index (χ4n) is 3.04. The van der Waals surface area contributed by atoms with E-state index in [1.54, 1.807) is 0 Å². The smallest absolute Gasteiger partial charge is 0.228 e. The highest BCUT2D eigenvalue weighted by Gasteiger charge is 2.39. The van der Waals surface area contributed by atoms with Crippen molar-refractivity contribution in [3.63, 3.8) is 0 Å². The summed E-state index contributed by atoms with van der Waals surface area (Å²) in [5.41, 5.74) is -0.0656. The van der Waals surface area contributed by atoms with E-state index in [4.69, 9.17) is 0 Å². The lowest BCUT2D eigenvalue weighted by Crippen LogP contribution is -2.56. The first-order chi connectivity index (χ1) is 7.63. The monoisotopic (exact) mass is 224 g/mol. The standard InChI is InChI=1S/C13H24N2O/c1-11-10-14-8-9-15(11)12(16)13(2)6-4-3-5-7-13/h11,14H,3-10H2,1-2H3. The molecule has 1 N–H and O–H groups in total. The van der Waals surface area contributed by atoms with E-state index in [9.17, 15) is 4.79 Å². The summed E-state index contributed by atoms with van der Waals surface area (Å²) in [6, 6.07) is 0.361. The summed E-state index contributed by atoms with van der Waals surface area (Å²) < 4.78 is 0. The molecule has 1 aliphatic carbocycles. The van der Waals surface area contributed by atoms with Crippen molar-refractivity contribution in [2.75, 3.05) is 19.6 Å². The third-order valence-electron chi connectivity index (χ3n) is 4.24. The molecule has 0 aromatic heterocycles. The van der Waals surface area contributed by atoms with Gasteiger partial charge in [-0.25, -0.2) is 0 Å². The average Bonchev–Trinajstić information content (AvgIpc) is 2.30. The Morgan fingerprint density at radius 1 is 1.31 bits per heavy atom. The van der Waals surface area contributed by atoms with Gasteiger partial charge in [0, 0.05) is 31.1 Å². The Morgan fingerprint density at radius 2 is 2.00 bits per heavy atom. The van der Waals surface area contributed by atoms with Crippen LogP contribution in [0.5, 0.6) is 0 Å². The van der Waals surface area contributed by atoms with Gasteiger partial charge in [-0.3, -0.25) is 4.79 Å². The van der Waals surface area contributed by atoms with Gasteiger partial charge in [-0.1, -0.05) is 26.2 Å². The number of hydrogen-bond donors (Lipinski definition) is 1. The van der Waals surface area contributed by atoms with Crippen LogP contribution in [-0.2, 0) is 4.79 Å². The van der Waals surface area contributed by atoms with E-state index in [1.165, 1.54) is 19.3 Å². The molecular weight excluding hydrogens is 200 g/mol. The third kappa shape index (κ3) is 2.24. The predicted molar refractivity (Wildman–Crippen MR) is 65.2 cm³/mol. The molecule has 16 heavy (non-hydrogen) atoms. The summed E-state index contributed by atoms with van der Waals surface area (Å²) in [6.45, 7) is 7.10. The lowest BCUT2D eigenvalue weighted by atomic mass is 9.74. The minimum absolute atomic E-state index is 0.0656. The van der Waals surface area contributed by atoms with Gasteiger partial charge in [-0.15, -0.1) is 0 Å². The quantitative estimate of drug-likeness (QED) is 0.736. The van der Waals surface area contributed by atoms with Crippen LogP contribution in [0.25, 0.3) is 0 Å². The van der Waals surface area contributed by atoms with Gasteiger partial charge in [0.05, 0.1) is 0 Å². The molecule has 0 aromatic carbocycles. The minimum atomic E-state index is -0.0656. The number of rotatable bonds is 1. The van der Waals surface area contributed by atoms with Gasteiger partial charge in [0.1, 0.15) is 0 Å². The summed E-state index contributed by atoms with van der Waals surface area (Å²) in [5.74, 6) is 0.404. The second-order valence-electron chi connectivity index (χ2n) is 5.67. The molecule has 3 nitrogen and oxygen atoms in total. The van der Waals surface area contributed by atoms with E-state index < -0.39 is 0 Å². The molecule has 1 saturated heterocycles. The van der Waals surface area contributed by atoms with E-state index in [1.807, 2.05) is 0 Å². The van der Waals surface area contributed by atoms with E-state index in [-0.39, 0.29) is 5.41 Å². The molecule has 2 aliphatic rings. The molecule has 0 spiro atoms. The molecule has 1 saturated carbocycles. The molecule has 1 unspecified atom stereocenters. The second-order valence-corrected chi connectivity index (χ2v) is 5.67. The topological polar surface area (TPSA) is 32.3 Å². The number of piperazine rings is 1. The van der Waals surface area contributed by atoms with Crippen LogP contribution in [0.15, 0.2) is 0 Å². The molecule has 1 atom stereocenters. The van der Waals surface area contributed by atoms with Gasteiger partial charge < -0.3 is 10.2 Å². The van der Waals surface area contributed by atoms with Crippen molar-refractivity contribution in [3.8, 4) is 0 Å². The molecular formula is C13H24N2O. The lowest BCUT2D eigenvalue weighted by Gasteiger charge is -2.42. The van der Waals surface area contributed by atoms with Crippen LogP contribution in [0.1, 0.15) is 46.0 Å². The Hall–Kier alpha value is -0.570. The average molecular weight is 224 g/mol. The first-order valence-electron chi connectivity index (χ1n) is 6.65. The summed E-state index contributed by atoms with van der Waals surface area (Å²) in [7, 11) is 0. The van der Waals surface area contributed by atoms with Crippen LogP contribution in [0.4, 0.5) is 0 Å². The number of amides is 1. The molecule has 92 valence electrons. The summed E-state index contributed by atoms with van der Waals surface area (Å²) in [4.78, 5) is 14.7. The number of hydrogen-bond acceptors (Lipinski definition) is 2. The molecule has 0 radical (unpaired) electrons. The molecule has 0 aromatic rings. The third-order valence-corrected chi connectivity index (χ3v) is 4.24. The Balaban J connectivity index is 2.04. The van der Waals surface area contributed by atoms with Crippen LogP contribution < -0.4 is 5.32 Å². The SMILES string of the molecule is CC1CNCCN1C(=O)C1(C)CCCCC1. The van der Waals surface area contributed by atoms with Crippen molar-refractivity contribution in [1.29, 1.82) is 0 Å². The summed E-state index contributed by atoms with van der Waals surface area (Å²) in [6.07, 6.45) is 5.93. The van der Waals surface area contributed by atoms with Crippen LogP contribution in [0, 0.1) is 5.41 Å². The minimum Gasteiger partial charge on any atom is -0.337 e. The largest absolute Gasteiger partial charge is 0.337 e. The van der Waals surface area contributed by atoms with Crippen molar-refractivity contribution in [2.24, 2.45) is 5.41 Å². The lowest BCUT2D eigenvalue weighted by molar-refractivity contribution is -0.146. The molecule has 2 fully saturated rings. The molecule has 1 amide bonds. The molecule has 1 aliphatic heterocycles. The summed E-state index contributed by atoms with van der Waals surface area (Å²) in [5, 5.41) is 3.34. The van der Waals surface area contributed by atoms with Crippen LogP contribution in [0.2, 0.25) is 0 Å². The zero-order valence-electron chi connectivity index (χ0n) is 10.6. The van der Waals surface area contributed by atoms with Crippen molar-refractivity contribution in [2.45, 2.75) is 52.0 Å². The maximum Gasteiger partial charge on any atom is 0.228 e. The Bertz CT molecular complexity index is 259. The number of carbonyl (C=O) groups excluding carboxylic acids is 1. The Labute approximate surface area is 98.6 Å². The van der Waals surface area contributed by atoms with Crippen LogP contribution in [-0.4, -0.2) is 36.5 Å². The van der Waals surface area contributed by atoms with E-state index in [0.717, 1.165) is 32.5 Å². The highest BCUT2D eigenvalue weighted by molar-refractivity contribution is 5.82. The van der Waals surface area contributed by atoms with Gasteiger partial charge in [0.2, 0.25) is 5.91 Å². The van der Waals surface area contributed by atoms with E-state index in [2.05, 4.69) is 24.1 Å². The van der Waals surface area contributed by atoms with Crippen molar-refractivity contribution >= 4 is 5.91 Å². The maximum absolute atomic E-state index is 12.6. The normalized spacial score (nSPS) is 30.1. The van der Waals surface area contributed by atoms with Gasteiger partial charge in [0.15, 0.2) is 0 Å². The Morgan fingerprint density at radius 3 is 2.62 bits per heavy atom. The first kappa shape index (κ1) is 11.9. The van der Waals surface area contributed by atoms with Gasteiger partial charge in [0.25, 0.3) is 0 Å². The van der Waals surface area contributed by atoms with E-state index in [0.29, 0.717) is 11.9 Å². The molecule has 1 heterocycles. The zero-order valence-corrected chi connectivity index (χ0v) is 10.6. The molecule has 3 heteroatoms. The first-order valence-corrected chi connectivity index (χ1v) is 6.65. The highest BCUT2D eigenvalue weighted by Crippen LogP contribution is 2.37. The Kier molecular flexibility index (Phi) is 3.53.